The zero-order chi connectivity index (χ0) is 13.2. The molecule has 0 saturated heterocycles. The van der Waals surface area contributed by atoms with E-state index in [9.17, 15) is 4.79 Å². The average molecular weight is 276 g/mol. The smallest absolute Gasteiger partial charge is 0.255 e. The summed E-state index contributed by atoms with van der Waals surface area (Å²) in [5.74, 6) is 0.652. The molecule has 0 fully saturated rings. The van der Waals surface area contributed by atoms with E-state index >= 15 is 0 Å². The van der Waals surface area contributed by atoms with Gasteiger partial charge in [0.15, 0.2) is 5.62 Å². The molecule has 2 aromatic rings. The van der Waals surface area contributed by atoms with Crippen LogP contribution in [0, 0.1) is 0 Å². The summed E-state index contributed by atoms with van der Waals surface area (Å²) >= 11 is 5.78. The van der Waals surface area contributed by atoms with Gasteiger partial charge in [-0.25, -0.2) is 15.0 Å². The predicted octanol–water partition coefficient (Wildman–Crippen LogP) is 1.11. The fraction of sp³-hybridized carbons (Fsp3) is 0.0833. The van der Waals surface area contributed by atoms with Crippen molar-refractivity contribution in [3.8, 4) is 5.69 Å². The number of nitrogens with zero attached hydrogens (tertiary/aromatic N) is 4. The van der Waals surface area contributed by atoms with E-state index < -0.39 is 5.62 Å². The van der Waals surface area contributed by atoms with Crippen LogP contribution in [-0.4, -0.2) is 21.5 Å². The molecule has 0 aliphatic carbocycles. The number of nitrogens with one attached hydrogen (secondary N) is 1. The number of halogens is 1. The van der Waals surface area contributed by atoms with E-state index in [0.29, 0.717) is 11.5 Å². The van der Waals surface area contributed by atoms with Crippen molar-refractivity contribution in [1.29, 1.82) is 0 Å². The third-order valence-corrected chi connectivity index (χ3v) is 2.85. The number of aliphatic imine (C=N–C) groups is 1. The molecule has 1 aliphatic heterocycles. The molecule has 96 valence electrons. The minimum Gasteiger partial charge on any atom is -0.283 e. The Balaban J connectivity index is 1.90. The summed E-state index contributed by atoms with van der Waals surface area (Å²) in [5.41, 5.74) is 3.02. The fourth-order valence-electron chi connectivity index (χ4n) is 1.74. The molecule has 0 amide bonds. The minimum absolute atomic E-state index is 0.0984. The molecular formula is C12H10ClN5O. The zero-order valence-electron chi connectivity index (χ0n) is 9.77. The molecule has 1 unspecified atom stereocenters. The summed E-state index contributed by atoms with van der Waals surface area (Å²) in [5, 5.41) is 1.62. The molecule has 19 heavy (non-hydrogen) atoms. The van der Waals surface area contributed by atoms with Crippen molar-refractivity contribution in [3.05, 3.63) is 53.1 Å². The van der Waals surface area contributed by atoms with Gasteiger partial charge in [-0.3, -0.25) is 9.36 Å². The maximum absolute atomic E-state index is 11.7. The van der Waals surface area contributed by atoms with Gasteiger partial charge in [0.1, 0.15) is 12.2 Å². The first-order valence-corrected chi connectivity index (χ1v) is 6.04. The van der Waals surface area contributed by atoms with Gasteiger partial charge >= 0.3 is 0 Å². The lowest BCUT2D eigenvalue weighted by molar-refractivity contribution is 0.734. The summed E-state index contributed by atoms with van der Waals surface area (Å²) in [6.45, 7) is 0. The van der Waals surface area contributed by atoms with Crippen molar-refractivity contribution in [1.82, 2.24) is 15.0 Å². The number of hydrogen-bond acceptors (Lipinski definition) is 5. The third kappa shape index (κ3) is 2.35. The molecular weight excluding hydrogens is 266 g/mol. The van der Waals surface area contributed by atoms with Crippen LogP contribution < -0.4 is 16.0 Å². The van der Waals surface area contributed by atoms with Crippen LogP contribution in [0.1, 0.15) is 0 Å². The van der Waals surface area contributed by atoms with Crippen LogP contribution >= 0.6 is 11.6 Å². The van der Waals surface area contributed by atoms with Crippen molar-refractivity contribution in [3.63, 3.8) is 0 Å². The van der Waals surface area contributed by atoms with Gasteiger partial charge in [-0.15, -0.1) is 0 Å². The Bertz CT molecular complexity index is 666. The molecule has 0 saturated carbocycles. The van der Waals surface area contributed by atoms with Crippen LogP contribution in [0.5, 0.6) is 0 Å². The Morgan fingerprint density at radius 1 is 1.26 bits per heavy atom. The summed E-state index contributed by atoms with van der Waals surface area (Å²) in [6, 6.07) is 8.58. The number of rotatable bonds is 2. The van der Waals surface area contributed by atoms with E-state index in [1.165, 1.54) is 10.6 Å². The molecule has 3 rings (SSSR count). The predicted molar refractivity (Wildman–Crippen MR) is 73.6 cm³/mol. The van der Waals surface area contributed by atoms with Gasteiger partial charge in [-0.1, -0.05) is 17.7 Å². The summed E-state index contributed by atoms with van der Waals surface area (Å²) < 4.78 is 1.52. The fourth-order valence-corrected chi connectivity index (χ4v) is 1.89. The monoisotopic (exact) mass is 275 g/mol. The van der Waals surface area contributed by atoms with Crippen LogP contribution in [0.25, 0.3) is 5.69 Å². The van der Waals surface area contributed by atoms with Crippen LogP contribution in [-0.2, 0) is 0 Å². The van der Waals surface area contributed by atoms with Gasteiger partial charge < -0.3 is 0 Å². The molecule has 0 bridgehead atoms. The quantitative estimate of drug-likeness (QED) is 0.659. The Morgan fingerprint density at radius 2 is 2.16 bits per heavy atom. The first kappa shape index (κ1) is 11.9. The molecule has 2 aromatic heterocycles. The molecule has 0 aromatic carbocycles. The van der Waals surface area contributed by atoms with Crippen molar-refractivity contribution in [2.75, 3.05) is 5.01 Å². The molecule has 6 nitrogen and oxygen atoms in total. The van der Waals surface area contributed by atoms with Crippen molar-refractivity contribution >= 4 is 23.8 Å². The number of hydrogen-bond donors (Lipinski definition) is 1. The Hall–Kier alpha value is -2.18. The molecule has 1 atom stereocenters. The second-order valence-electron chi connectivity index (χ2n) is 3.88. The zero-order valence-corrected chi connectivity index (χ0v) is 10.5. The topological polar surface area (TPSA) is 62.5 Å². The highest BCUT2D eigenvalue weighted by Crippen LogP contribution is 2.13. The van der Waals surface area contributed by atoms with Crippen molar-refractivity contribution in [2.24, 2.45) is 4.99 Å². The minimum atomic E-state index is -0.474. The second kappa shape index (κ2) is 4.83. The number of aromatic nitrogens is 2. The number of alkyl halides is 1. The Kier molecular flexibility index (Phi) is 3.02. The highest BCUT2D eigenvalue weighted by molar-refractivity contribution is 6.21. The van der Waals surface area contributed by atoms with Gasteiger partial charge in [0.2, 0.25) is 0 Å². The van der Waals surface area contributed by atoms with E-state index in [1.807, 2.05) is 0 Å². The molecule has 1 N–H and O–H groups in total. The SMILES string of the molecule is O=c1ccccn1-c1ccc(N2C=NC(Cl)N2)nc1. The maximum atomic E-state index is 11.7. The first-order chi connectivity index (χ1) is 9.24. The summed E-state index contributed by atoms with van der Waals surface area (Å²) in [6.07, 6.45) is 4.88. The summed E-state index contributed by atoms with van der Waals surface area (Å²) in [7, 11) is 0. The third-order valence-electron chi connectivity index (χ3n) is 2.64. The molecule has 3 heterocycles. The lowest BCUT2D eigenvalue weighted by Gasteiger charge is -2.14. The lowest BCUT2D eigenvalue weighted by atomic mass is 10.3. The Morgan fingerprint density at radius 3 is 2.79 bits per heavy atom. The first-order valence-electron chi connectivity index (χ1n) is 5.61. The van der Waals surface area contributed by atoms with E-state index in [0.717, 1.165) is 0 Å². The van der Waals surface area contributed by atoms with E-state index in [4.69, 9.17) is 11.6 Å². The van der Waals surface area contributed by atoms with E-state index in [-0.39, 0.29) is 5.56 Å². The highest BCUT2D eigenvalue weighted by atomic mass is 35.5. The average Bonchev–Trinajstić information content (AvgIpc) is 2.86. The number of hydrazine groups is 1. The molecule has 0 radical (unpaired) electrons. The van der Waals surface area contributed by atoms with Gasteiger partial charge in [0.25, 0.3) is 5.56 Å². The van der Waals surface area contributed by atoms with Gasteiger partial charge in [-0.05, 0) is 18.2 Å². The summed E-state index contributed by atoms with van der Waals surface area (Å²) in [4.78, 5) is 19.9. The van der Waals surface area contributed by atoms with Gasteiger partial charge in [-0.2, -0.15) is 5.43 Å². The number of pyridine rings is 2. The van der Waals surface area contributed by atoms with Crippen LogP contribution in [0.4, 0.5) is 5.82 Å². The molecule has 0 spiro atoms. The lowest BCUT2D eigenvalue weighted by Crippen LogP contribution is -2.35. The second-order valence-corrected chi connectivity index (χ2v) is 4.30. The maximum Gasteiger partial charge on any atom is 0.255 e. The number of anilines is 1. The van der Waals surface area contributed by atoms with Crippen LogP contribution in [0.2, 0.25) is 0 Å². The van der Waals surface area contributed by atoms with Gasteiger partial charge in [0.05, 0.1) is 11.9 Å². The van der Waals surface area contributed by atoms with Gasteiger partial charge in [0, 0.05) is 12.3 Å². The van der Waals surface area contributed by atoms with Crippen LogP contribution in [0.15, 0.2) is 52.5 Å². The van der Waals surface area contributed by atoms with Crippen molar-refractivity contribution < 1.29 is 0 Å². The highest BCUT2D eigenvalue weighted by Gasteiger charge is 2.15. The standard InChI is InChI=1S/C12H10ClN5O/c13-12-15-8-18(16-12)10-5-4-9(7-14-10)17-6-2-1-3-11(17)19/h1-8,12,16H. The van der Waals surface area contributed by atoms with E-state index in [1.54, 1.807) is 48.0 Å². The van der Waals surface area contributed by atoms with Crippen molar-refractivity contribution in [2.45, 2.75) is 5.62 Å². The molecule has 1 aliphatic rings. The van der Waals surface area contributed by atoms with Crippen LogP contribution in [0.3, 0.4) is 0 Å². The Labute approximate surface area is 114 Å². The largest absolute Gasteiger partial charge is 0.283 e. The van der Waals surface area contributed by atoms with E-state index in [2.05, 4.69) is 15.4 Å². The normalized spacial score (nSPS) is 17.9. The molecule has 7 heteroatoms.